The molecule has 0 bridgehead atoms. The van der Waals surface area contributed by atoms with Crippen LogP contribution in [0.5, 0.6) is 0 Å². The van der Waals surface area contributed by atoms with Crippen LogP contribution in [0.4, 0.5) is 0 Å². The Bertz CT molecular complexity index is 954. The third-order valence-electron chi connectivity index (χ3n) is 3.69. The van der Waals surface area contributed by atoms with Crippen molar-refractivity contribution in [1.29, 1.82) is 0 Å². The number of hydrogen-bond donors (Lipinski definition) is 1. The van der Waals surface area contributed by atoms with E-state index in [9.17, 15) is 22.8 Å². The minimum atomic E-state index is -3.60. The second-order valence-corrected chi connectivity index (χ2v) is 8.17. The standard InChI is InChI=1S/C19H20N2O6S/c1-21(2)28(25,26)16-10-8-15(9-11-16)19(24)27-13-18(23)20-17(22)12-14-6-4-3-5-7-14/h3-11H,12-13H2,1-2H3,(H,20,22,23). The molecule has 2 amide bonds. The molecule has 9 heteroatoms. The van der Waals surface area contributed by atoms with Crippen molar-refractivity contribution in [2.24, 2.45) is 0 Å². The van der Waals surface area contributed by atoms with E-state index < -0.39 is 34.4 Å². The second-order valence-electron chi connectivity index (χ2n) is 6.02. The highest BCUT2D eigenvalue weighted by Crippen LogP contribution is 2.14. The second kappa shape index (κ2) is 9.25. The van der Waals surface area contributed by atoms with Crippen molar-refractivity contribution in [2.45, 2.75) is 11.3 Å². The maximum absolute atomic E-state index is 12.0. The van der Waals surface area contributed by atoms with Crippen LogP contribution in [0.3, 0.4) is 0 Å². The van der Waals surface area contributed by atoms with Gasteiger partial charge in [-0.05, 0) is 29.8 Å². The van der Waals surface area contributed by atoms with Gasteiger partial charge in [0.15, 0.2) is 6.61 Å². The Morgan fingerprint density at radius 2 is 1.54 bits per heavy atom. The molecule has 8 nitrogen and oxygen atoms in total. The Balaban J connectivity index is 1.86. The number of rotatable bonds is 7. The molecule has 0 aliphatic carbocycles. The Kier molecular flexibility index (Phi) is 7.02. The van der Waals surface area contributed by atoms with Gasteiger partial charge in [0.25, 0.3) is 5.91 Å². The van der Waals surface area contributed by atoms with Gasteiger partial charge in [-0.1, -0.05) is 30.3 Å². The van der Waals surface area contributed by atoms with Crippen LogP contribution in [0.15, 0.2) is 59.5 Å². The first-order valence-electron chi connectivity index (χ1n) is 8.26. The van der Waals surface area contributed by atoms with Gasteiger partial charge in [-0.2, -0.15) is 0 Å². The van der Waals surface area contributed by atoms with Crippen LogP contribution in [0.1, 0.15) is 15.9 Å². The summed E-state index contributed by atoms with van der Waals surface area (Å²) in [5.74, 6) is -2.06. The molecule has 0 unspecified atom stereocenters. The molecule has 0 heterocycles. The molecule has 2 rings (SSSR count). The quantitative estimate of drug-likeness (QED) is 0.689. The molecule has 2 aromatic carbocycles. The zero-order valence-electron chi connectivity index (χ0n) is 15.4. The number of benzene rings is 2. The van der Waals surface area contributed by atoms with Crippen molar-refractivity contribution in [3.8, 4) is 0 Å². The van der Waals surface area contributed by atoms with Crippen LogP contribution < -0.4 is 5.32 Å². The minimum Gasteiger partial charge on any atom is -0.452 e. The first-order valence-corrected chi connectivity index (χ1v) is 9.70. The summed E-state index contributed by atoms with van der Waals surface area (Å²) in [6, 6.07) is 14.0. The first kappa shape index (κ1) is 21.3. The van der Waals surface area contributed by atoms with Crippen LogP contribution in [-0.2, 0) is 30.8 Å². The summed E-state index contributed by atoms with van der Waals surface area (Å²) in [4.78, 5) is 35.5. The minimum absolute atomic E-state index is 0.0262. The van der Waals surface area contributed by atoms with E-state index in [1.54, 1.807) is 24.3 Å². The Hall–Kier alpha value is -3.04. The Labute approximate surface area is 163 Å². The van der Waals surface area contributed by atoms with E-state index in [1.807, 2.05) is 6.07 Å². The molecule has 0 saturated carbocycles. The summed E-state index contributed by atoms with van der Waals surface area (Å²) < 4.78 is 29.9. The normalized spacial score (nSPS) is 11.1. The summed E-state index contributed by atoms with van der Waals surface area (Å²) in [5, 5.41) is 2.14. The number of imide groups is 1. The van der Waals surface area contributed by atoms with Crippen LogP contribution in [0, 0.1) is 0 Å². The highest BCUT2D eigenvalue weighted by molar-refractivity contribution is 7.89. The summed E-state index contributed by atoms with van der Waals surface area (Å²) >= 11 is 0. The highest BCUT2D eigenvalue weighted by atomic mass is 32.2. The van der Waals surface area contributed by atoms with Crippen molar-refractivity contribution >= 4 is 27.8 Å². The van der Waals surface area contributed by atoms with Crippen molar-refractivity contribution < 1.29 is 27.5 Å². The smallest absolute Gasteiger partial charge is 0.338 e. The zero-order valence-corrected chi connectivity index (χ0v) is 16.2. The van der Waals surface area contributed by atoms with E-state index in [4.69, 9.17) is 4.74 Å². The average Bonchev–Trinajstić information content (AvgIpc) is 2.66. The number of sulfonamides is 1. The van der Waals surface area contributed by atoms with Crippen LogP contribution in [0.25, 0.3) is 0 Å². The molecule has 0 aliphatic heterocycles. The lowest BCUT2D eigenvalue weighted by Crippen LogP contribution is -2.35. The van der Waals surface area contributed by atoms with Crippen LogP contribution in [0.2, 0.25) is 0 Å². The topological polar surface area (TPSA) is 110 Å². The summed E-state index contributed by atoms with van der Waals surface area (Å²) in [5.41, 5.74) is 0.832. The van der Waals surface area contributed by atoms with Gasteiger partial charge in [0.1, 0.15) is 0 Å². The van der Waals surface area contributed by atoms with E-state index in [0.717, 1.165) is 9.87 Å². The molecule has 0 atom stereocenters. The number of carbonyl (C=O) groups excluding carboxylic acids is 3. The van der Waals surface area contributed by atoms with E-state index in [0.29, 0.717) is 0 Å². The molecular weight excluding hydrogens is 384 g/mol. The van der Waals surface area contributed by atoms with Crippen molar-refractivity contribution in [2.75, 3.05) is 20.7 Å². The van der Waals surface area contributed by atoms with E-state index in [-0.39, 0.29) is 16.9 Å². The molecule has 28 heavy (non-hydrogen) atoms. The maximum Gasteiger partial charge on any atom is 0.338 e. The van der Waals surface area contributed by atoms with E-state index in [1.165, 1.54) is 38.4 Å². The average molecular weight is 404 g/mol. The summed E-state index contributed by atoms with van der Waals surface area (Å²) in [7, 11) is -0.809. The maximum atomic E-state index is 12.0. The first-order chi connectivity index (χ1) is 13.2. The van der Waals surface area contributed by atoms with Gasteiger partial charge in [-0.3, -0.25) is 14.9 Å². The third kappa shape index (κ3) is 5.73. The summed E-state index contributed by atoms with van der Waals surface area (Å²) in [6.45, 7) is -0.628. The fourth-order valence-electron chi connectivity index (χ4n) is 2.21. The predicted molar refractivity (Wildman–Crippen MR) is 101 cm³/mol. The molecule has 2 aromatic rings. The van der Waals surface area contributed by atoms with E-state index in [2.05, 4.69) is 5.32 Å². The number of nitrogens with one attached hydrogen (secondary N) is 1. The number of nitrogens with zero attached hydrogens (tertiary/aromatic N) is 1. The molecule has 148 valence electrons. The number of ether oxygens (including phenoxy) is 1. The molecule has 1 N–H and O–H groups in total. The predicted octanol–water partition coefficient (Wildman–Crippen LogP) is 0.979. The number of amides is 2. The van der Waals surface area contributed by atoms with Crippen molar-refractivity contribution in [3.63, 3.8) is 0 Å². The lowest BCUT2D eigenvalue weighted by molar-refractivity contribution is -0.132. The van der Waals surface area contributed by atoms with E-state index >= 15 is 0 Å². The van der Waals surface area contributed by atoms with Gasteiger partial charge in [0.2, 0.25) is 15.9 Å². The van der Waals surface area contributed by atoms with Gasteiger partial charge in [0, 0.05) is 14.1 Å². The molecule has 0 aliphatic rings. The zero-order chi connectivity index (χ0) is 20.7. The fraction of sp³-hybridized carbons (Fsp3) is 0.211. The molecule has 0 spiro atoms. The lowest BCUT2D eigenvalue weighted by atomic mass is 10.1. The molecular formula is C19H20N2O6S. The highest BCUT2D eigenvalue weighted by Gasteiger charge is 2.18. The van der Waals surface area contributed by atoms with Crippen LogP contribution in [-0.4, -0.2) is 51.2 Å². The number of esters is 1. The van der Waals surface area contributed by atoms with Gasteiger partial charge in [-0.15, -0.1) is 0 Å². The van der Waals surface area contributed by atoms with Crippen molar-refractivity contribution in [3.05, 3.63) is 65.7 Å². The summed E-state index contributed by atoms with van der Waals surface area (Å²) in [6.07, 6.45) is 0.0301. The molecule has 0 radical (unpaired) electrons. The largest absolute Gasteiger partial charge is 0.452 e. The van der Waals surface area contributed by atoms with Gasteiger partial charge in [-0.25, -0.2) is 17.5 Å². The Morgan fingerprint density at radius 3 is 2.11 bits per heavy atom. The lowest BCUT2D eigenvalue weighted by Gasteiger charge is -2.11. The van der Waals surface area contributed by atoms with Gasteiger partial charge < -0.3 is 4.74 Å². The van der Waals surface area contributed by atoms with Gasteiger partial charge >= 0.3 is 5.97 Å². The fourth-order valence-corrected chi connectivity index (χ4v) is 3.11. The molecule has 0 saturated heterocycles. The molecule has 0 aromatic heterocycles. The SMILES string of the molecule is CN(C)S(=O)(=O)c1ccc(C(=O)OCC(=O)NC(=O)Cc2ccccc2)cc1. The monoisotopic (exact) mass is 404 g/mol. The Morgan fingerprint density at radius 1 is 0.929 bits per heavy atom. The van der Waals surface area contributed by atoms with Gasteiger partial charge in [0.05, 0.1) is 16.9 Å². The van der Waals surface area contributed by atoms with Crippen LogP contribution >= 0.6 is 0 Å². The number of hydrogen-bond acceptors (Lipinski definition) is 6. The number of carbonyl (C=O) groups is 3. The molecule has 0 fully saturated rings. The van der Waals surface area contributed by atoms with Crippen molar-refractivity contribution in [1.82, 2.24) is 9.62 Å². The third-order valence-corrected chi connectivity index (χ3v) is 5.52.